The van der Waals surface area contributed by atoms with Crippen LogP contribution < -0.4 is 0 Å². The summed E-state index contributed by atoms with van der Waals surface area (Å²) in [5.74, 6) is 1.22. The molecule has 0 radical (unpaired) electrons. The Kier molecular flexibility index (Phi) is 3.76. The van der Waals surface area contributed by atoms with E-state index in [9.17, 15) is 9.90 Å². The predicted octanol–water partition coefficient (Wildman–Crippen LogP) is 2.61. The number of carboxylic acids is 1. The van der Waals surface area contributed by atoms with Gasteiger partial charge in [-0.3, -0.25) is 9.69 Å². The lowest BCUT2D eigenvalue weighted by molar-refractivity contribution is -0.144. The molecule has 1 aliphatic carbocycles. The number of carbonyl (C=O) groups is 1. The van der Waals surface area contributed by atoms with Crippen LogP contribution in [0, 0.1) is 17.8 Å². The third-order valence-corrected chi connectivity index (χ3v) is 5.03. The standard InChI is InChI=1S/C14H25NO2/c1-9-4-5-12(8-11(9)3)15-7-6-10(2)13(15)14(16)17/h9-13H,4-8H2,1-3H3,(H,16,17). The Labute approximate surface area is 104 Å². The Bertz CT molecular complexity index is 292. The third-order valence-electron chi connectivity index (χ3n) is 5.03. The number of hydrogen-bond acceptors (Lipinski definition) is 2. The molecular weight excluding hydrogens is 214 g/mol. The van der Waals surface area contributed by atoms with Gasteiger partial charge in [-0.2, -0.15) is 0 Å². The highest BCUT2D eigenvalue weighted by molar-refractivity contribution is 5.74. The highest BCUT2D eigenvalue weighted by atomic mass is 16.4. The summed E-state index contributed by atoms with van der Waals surface area (Å²) in [5, 5.41) is 9.36. The fourth-order valence-electron chi connectivity index (χ4n) is 3.59. The van der Waals surface area contributed by atoms with Crippen LogP contribution in [-0.2, 0) is 4.79 Å². The van der Waals surface area contributed by atoms with Crippen molar-refractivity contribution in [2.75, 3.05) is 6.54 Å². The third kappa shape index (κ3) is 2.49. The van der Waals surface area contributed by atoms with Crippen molar-refractivity contribution in [1.82, 2.24) is 4.90 Å². The van der Waals surface area contributed by atoms with Crippen molar-refractivity contribution in [3.8, 4) is 0 Å². The van der Waals surface area contributed by atoms with Crippen LogP contribution in [0.4, 0.5) is 0 Å². The first-order valence-electron chi connectivity index (χ1n) is 6.99. The predicted molar refractivity (Wildman–Crippen MR) is 67.9 cm³/mol. The molecule has 2 fully saturated rings. The summed E-state index contributed by atoms with van der Waals surface area (Å²) in [5.41, 5.74) is 0. The summed E-state index contributed by atoms with van der Waals surface area (Å²) < 4.78 is 0. The van der Waals surface area contributed by atoms with Gasteiger partial charge in [0.15, 0.2) is 0 Å². The highest BCUT2D eigenvalue weighted by Gasteiger charge is 2.41. The van der Waals surface area contributed by atoms with E-state index in [0.29, 0.717) is 12.0 Å². The summed E-state index contributed by atoms with van der Waals surface area (Å²) in [4.78, 5) is 13.6. The number of likely N-dealkylation sites (tertiary alicyclic amines) is 1. The molecule has 1 saturated carbocycles. The zero-order valence-corrected chi connectivity index (χ0v) is 11.2. The van der Waals surface area contributed by atoms with Gasteiger partial charge in [0.1, 0.15) is 6.04 Å². The lowest BCUT2D eigenvalue weighted by Crippen LogP contribution is -2.47. The minimum absolute atomic E-state index is 0.236. The van der Waals surface area contributed by atoms with Gasteiger partial charge in [-0.25, -0.2) is 0 Å². The van der Waals surface area contributed by atoms with E-state index in [2.05, 4.69) is 25.7 Å². The molecule has 2 aliphatic rings. The number of aliphatic carboxylic acids is 1. The second-order valence-electron chi connectivity index (χ2n) is 6.21. The number of hydrogen-bond donors (Lipinski definition) is 1. The summed E-state index contributed by atoms with van der Waals surface area (Å²) >= 11 is 0. The fraction of sp³-hybridized carbons (Fsp3) is 0.929. The quantitative estimate of drug-likeness (QED) is 0.805. The van der Waals surface area contributed by atoms with Gasteiger partial charge in [0, 0.05) is 6.04 Å². The molecule has 3 nitrogen and oxygen atoms in total. The summed E-state index contributed by atoms with van der Waals surface area (Å²) in [6, 6.07) is 0.271. The average Bonchev–Trinajstić information content (AvgIpc) is 2.64. The second kappa shape index (κ2) is 4.97. The topological polar surface area (TPSA) is 40.5 Å². The minimum atomic E-state index is -0.624. The van der Waals surface area contributed by atoms with E-state index in [1.54, 1.807) is 0 Å². The monoisotopic (exact) mass is 239 g/mol. The molecule has 3 heteroatoms. The molecule has 2 rings (SSSR count). The van der Waals surface area contributed by atoms with Crippen LogP contribution in [-0.4, -0.2) is 34.6 Å². The van der Waals surface area contributed by atoms with E-state index in [0.717, 1.165) is 24.8 Å². The molecule has 5 atom stereocenters. The van der Waals surface area contributed by atoms with Gasteiger partial charge in [-0.15, -0.1) is 0 Å². The first kappa shape index (κ1) is 12.9. The van der Waals surface area contributed by atoms with E-state index in [-0.39, 0.29) is 6.04 Å². The molecule has 1 heterocycles. The van der Waals surface area contributed by atoms with Crippen LogP contribution in [0.25, 0.3) is 0 Å². The van der Waals surface area contributed by atoms with Crippen LogP contribution in [0.2, 0.25) is 0 Å². The Morgan fingerprint density at radius 3 is 2.35 bits per heavy atom. The van der Waals surface area contributed by atoms with Crippen LogP contribution in [0.15, 0.2) is 0 Å². The van der Waals surface area contributed by atoms with Crippen molar-refractivity contribution in [1.29, 1.82) is 0 Å². The largest absolute Gasteiger partial charge is 0.480 e. The van der Waals surface area contributed by atoms with Crippen molar-refractivity contribution in [2.45, 2.75) is 58.5 Å². The molecular formula is C14H25NO2. The Morgan fingerprint density at radius 2 is 1.76 bits per heavy atom. The van der Waals surface area contributed by atoms with E-state index < -0.39 is 5.97 Å². The smallest absolute Gasteiger partial charge is 0.321 e. The van der Waals surface area contributed by atoms with Crippen molar-refractivity contribution in [2.24, 2.45) is 17.8 Å². The zero-order chi connectivity index (χ0) is 12.6. The maximum atomic E-state index is 11.4. The molecule has 1 aliphatic heterocycles. The highest BCUT2D eigenvalue weighted by Crippen LogP contribution is 2.36. The minimum Gasteiger partial charge on any atom is -0.480 e. The van der Waals surface area contributed by atoms with Crippen LogP contribution in [0.1, 0.15) is 46.5 Å². The van der Waals surface area contributed by atoms with Gasteiger partial charge in [-0.1, -0.05) is 20.8 Å². The van der Waals surface area contributed by atoms with Crippen molar-refractivity contribution in [3.05, 3.63) is 0 Å². The number of carboxylic acid groups (broad SMARTS) is 1. The molecule has 0 aromatic heterocycles. The van der Waals surface area contributed by atoms with Crippen LogP contribution in [0.5, 0.6) is 0 Å². The van der Waals surface area contributed by atoms with E-state index in [1.807, 2.05) is 0 Å². The molecule has 1 N–H and O–H groups in total. The molecule has 17 heavy (non-hydrogen) atoms. The van der Waals surface area contributed by atoms with E-state index in [4.69, 9.17) is 0 Å². The van der Waals surface area contributed by atoms with Gasteiger partial charge in [0.05, 0.1) is 0 Å². The van der Waals surface area contributed by atoms with Gasteiger partial charge < -0.3 is 5.11 Å². The van der Waals surface area contributed by atoms with Crippen LogP contribution in [0.3, 0.4) is 0 Å². The molecule has 98 valence electrons. The molecule has 0 bridgehead atoms. The van der Waals surface area contributed by atoms with Gasteiger partial charge in [-0.05, 0) is 50.0 Å². The maximum absolute atomic E-state index is 11.4. The van der Waals surface area contributed by atoms with Crippen LogP contribution >= 0.6 is 0 Å². The maximum Gasteiger partial charge on any atom is 0.321 e. The Hall–Kier alpha value is -0.570. The molecule has 0 aromatic carbocycles. The van der Waals surface area contributed by atoms with Gasteiger partial charge in [0.25, 0.3) is 0 Å². The Morgan fingerprint density at radius 1 is 1.06 bits per heavy atom. The van der Waals surface area contributed by atoms with Gasteiger partial charge >= 0.3 is 5.97 Å². The van der Waals surface area contributed by atoms with Gasteiger partial charge in [0.2, 0.25) is 0 Å². The fourth-order valence-corrected chi connectivity index (χ4v) is 3.59. The average molecular weight is 239 g/mol. The van der Waals surface area contributed by atoms with Crippen molar-refractivity contribution >= 4 is 5.97 Å². The molecule has 5 unspecified atom stereocenters. The summed E-state index contributed by atoms with van der Waals surface area (Å²) in [6.45, 7) is 7.69. The lowest BCUT2D eigenvalue weighted by atomic mass is 9.78. The Balaban J connectivity index is 2.04. The summed E-state index contributed by atoms with van der Waals surface area (Å²) in [7, 11) is 0. The normalized spacial score (nSPS) is 43.8. The SMILES string of the molecule is CC1CCC(N2CCC(C)C2C(=O)O)CC1C. The van der Waals surface area contributed by atoms with E-state index >= 15 is 0 Å². The molecule has 0 spiro atoms. The second-order valence-corrected chi connectivity index (χ2v) is 6.21. The summed E-state index contributed by atoms with van der Waals surface area (Å²) in [6.07, 6.45) is 4.65. The number of nitrogens with zero attached hydrogens (tertiary/aromatic N) is 1. The lowest BCUT2D eigenvalue weighted by Gasteiger charge is -2.39. The number of rotatable bonds is 2. The zero-order valence-electron chi connectivity index (χ0n) is 11.2. The first-order valence-corrected chi connectivity index (χ1v) is 6.99. The molecule has 1 saturated heterocycles. The van der Waals surface area contributed by atoms with Crippen molar-refractivity contribution in [3.63, 3.8) is 0 Å². The van der Waals surface area contributed by atoms with E-state index in [1.165, 1.54) is 19.3 Å². The first-order chi connectivity index (χ1) is 8.00. The molecule has 0 amide bonds. The van der Waals surface area contributed by atoms with Crippen molar-refractivity contribution < 1.29 is 9.90 Å². The molecule has 0 aromatic rings.